The number of ether oxygens (including phenoxy) is 3. The van der Waals surface area contributed by atoms with Crippen LogP contribution in [0.15, 0.2) is 24.3 Å². The van der Waals surface area contributed by atoms with Crippen molar-refractivity contribution in [1.29, 1.82) is 0 Å². The fourth-order valence-corrected chi connectivity index (χ4v) is 6.65. The molecule has 0 amide bonds. The quantitative estimate of drug-likeness (QED) is 0.0267. The molecule has 1 unspecified atom stereocenters. The third-order valence-corrected chi connectivity index (χ3v) is 10.2. The van der Waals surface area contributed by atoms with Gasteiger partial charge in [-0.1, -0.05) is 199 Å². The van der Waals surface area contributed by atoms with Crippen molar-refractivity contribution in [3.05, 3.63) is 24.3 Å². The topological polar surface area (TPSA) is 78.9 Å². The lowest BCUT2D eigenvalue weighted by molar-refractivity contribution is -0.167. The van der Waals surface area contributed by atoms with Crippen LogP contribution in [0, 0.1) is 0 Å². The lowest BCUT2D eigenvalue weighted by atomic mass is 10.1. The number of carbonyl (C=O) groups is 3. The summed E-state index contributed by atoms with van der Waals surface area (Å²) in [5, 5.41) is 0. The Hall–Kier alpha value is -2.11. The van der Waals surface area contributed by atoms with Gasteiger partial charge in [0.25, 0.3) is 0 Å². The highest BCUT2D eigenvalue weighted by Crippen LogP contribution is 2.15. The molecule has 0 spiro atoms. The predicted octanol–water partition coefficient (Wildman–Crippen LogP) is 14.8. The van der Waals surface area contributed by atoms with Crippen molar-refractivity contribution in [1.82, 2.24) is 0 Å². The first-order chi connectivity index (χ1) is 26.5. The molecule has 0 heterocycles. The first-order valence-corrected chi connectivity index (χ1v) is 23.3. The SMILES string of the molecule is CCCCCCC/C=C\C/C=C\CCCCCCCCCCCC(=O)OCC(COC(=O)CCCCCCC)OC(=O)CCCCCCCCCCCC. The van der Waals surface area contributed by atoms with Crippen molar-refractivity contribution in [3.63, 3.8) is 0 Å². The summed E-state index contributed by atoms with van der Waals surface area (Å²) < 4.78 is 16.6. The van der Waals surface area contributed by atoms with Crippen LogP contribution in [0.3, 0.4) is 0 Å². The van der Waals surface area contributed by atoms with Crippen LogP contribution in [0.2, 0.25) is 0 Å². The summed E-state index contributed by atoms with van der Waals surface area (Å²) in [7, 11) is 0. The van der Waals surface area contributed by atoms with Crippen molar-refractivity contribution in [2.45, 2.75) is 252 Å². The lowest BCUT2D eigenvalue weighted by Crippen LogP contribution is -2.30. The molecule has 1 atom stereocenters. The zero-order valence-electron chi connectivity index (χ0n) is 36.0. The van der Waals surface area contributed by atoms with Gasteiger partial charge in [0, 0.05) is 19.3 Å². The zero-order chi connectivity index (χ0) is 39.4. The van der Waals surface area contributed by atoms with Crippen LogP contribution in [0.5, 0.6) is 0 Å². The number of unbranched alkanes of at least 4 members (excludes halogenated alkanes) is 27. The van der Waals surface area contributed by atoms with Crippen LogP contribution < -0.4 is 0 Å². The molecule has 0 bridgehead atoms. The van der Waals surface area contributed by atoms with E-state index in [1.807, 2.05) is 0 Å². The van der Waals surface area contributed by atoms with E-state index in [1.54, 1.807) is 0 Å². The van der Waals surface area contributed by atoms with Gasteiger partial charge in [0.15, 0.2) is 6.10 Å². The van der Waals surface area contributed by atoms with Crippen LogP contribution in [0.4, 0.5) is 0 Å². The highest BCUT2D eigenvalue weighted by molar-refractivity contribution is 5.71. The summed E-state index contributed by atoms with van der Waals surface area (Å²) >= 11 is 0. The van der Waals surface area contributed by atoms with E-state index in [9.17, 15) is 14.4 Å². The van der Waals surface area contributed by atoms with Gasteiger partial charge in [-0.2, -0.15) is 0 Å². The molecule has 54 heavy (non-hydrogen) atoms. The molecule has 0 aromatic heterocycles. The monoisotopic (exact) mass is 761 g/mol. The molecule has 0 aromatic rings. The largest absolute Gasteiger partial charge is 0.462 e. The van der Waals surface area contributed by atoms with E-state index in [-0.39, 0.29) is 31.1 Å². The minimum Gasteiger partial charge on any atom is -0.462 e. The maximum Gasteiger partial charge on any atom is 0.306 e. The van der Waals surface area contributed by atoms with Crippen LogP contribution in [-0.4, -0.2) is 37.2 Å². The van der Waals surface area contributed by atoms with Crippen molar-refractivity contribution < 1.29 is 28.6 Å². The molecule has 0 radical (unpaired) electrons. The molecule has 0 aliphatic heterocycles. The van der Waals surface area contributed by atoms with Gasteiger partial charge in [-0.25, -0.2) is 0 Å². The smallest absolute Gasteiger partial charge is 0.306 e. The fourth-order valence-electron chi connectivity index (χ4n) is 6.65. The summed E-state index contributed by atoms with van der Waals surface area (Å²) in [4.78, 5) is 37.4. The number of hydrogen-bond acceptors (Lipinski definition) is 6. The van der Waals surface area contributed by atoms with Crippen LogP contribution in [0.25, 0.3) is 0 Å². The Balaban J connectivity index is 4.10. The van der Waals surface area contributed by atoms with Gasteiger partial charge < -0.3 is 14.2 Å². The van der Waals surface area contributed by atoms with E-state index in [0.29, 0.717) is 19.3 Å². The summed E-state index contributed by atoms with van der Waals surface area (Å²) in [6.45, 7) is 6.53. The molecule has 0 aliphatic rings. The second-order valence-corrected chi connectivity index (χ2v) is 15.7. The van der Waals surface area contributed by atoms with Crippen molar-refractivity contribution in [3.8, 4) is 0 Å². The number of carbonyl (C=O) groups excluding carboxylic acids is 3. The summed E-state index contributed by atoms with van der Waals surface area (Å²) in [5.74, 6) is -0.885. The molecular formula is C48H88O6. The molecule has 0 aromatic carbocycles. The number of hydrogen-bond donors (Lipinski definition) is 0. The number of allylic oxidation sites excluding steroid dienone is 4. The summed E-state index contributed by atoms with van der Waals surface area (Å²) in [6, 6.07) is 0. The first kappa shape index (κ1) is 51.9. The molecule has 6 nitrogen and oxygen atoms in total. The van der Waals surface area contributed by atoms with Gasteiger partial charge in [0.2, 0.25) is 0 Å². The van der Waals surface area contributed by atoms with Crippen molar-refractivity contribution >= 4 is 17.9 Å². The molecule has 6 heteroatoms. The second-order valence-electron chi connectivity index (χ2n) is 15.7. The van der Waals surface area contributed by atoms with E-state index < -0.39 is 6.10 Å². The Kier molecular flexibility index (Phi) is 41.9. The van der Waals surface area contributed by atoms with Gasteiger partial charge in [0.05, 0.1) is 0 Å². The lowest BCUT2D eigenvalue weighted by Gasteiger charge is -2.18. The first-order valence-electron chi connectivity index (χ1n) is 23.3. The highest BCUT2D eigenvalue weighted by atomic mass is 16.6. The average molecular weight is 761 g/mol. The summed E-state index contributed by atoms with van der Waals surface area (Å²) in [5.41, 5.74) is 0. The Morgan fingerprint density at radius 2 is 0.667 bits per heavy atom. The van der Waals surface area contributed by atoms with Crippen LogP contribution in [0.1, 0.15) is 245 Å². The molecule has 0 rings (SSSR count). The van der Waals surface area contributed by atoms with E-state index in [1.165, 1.54) is 135 Å². The highest BCUT2D eigenvalue weighted by Gasteiger charge is 2.19. The molecule has 0 saturated heterocycles. The van der Waals surface area contributed by atoms with Gasteiger partial charge >= 0.3 is 17.9 Å². The van der Waals surface area contributed by atoms with Crippen molar-refractivity contribution in [2.75, 3.05) is 13.2 Å². The molecular weight excluding hydrogens is 673 g/mol. The van der Waals surface area contributed by atoms with Crippen LogP contribution >= 0.6 is 0 Å². The van der Waals surface area contributed by atoms with E-state index >= 15 is 0 Å². The predicted molar refractivity (Wildman–Crippen MR) is 229 cm³/mol. The van der Waals surface area contributed by atoms with Gasteiger partial charge in [-0.15, -0.1) is 0 Å². The molecule has 0 fully saturated rings. The molecule has 0 aliphatic carbocycles. The van der Waals surface area contributed by atoms with E-state index in [2.05, 4.69) is 45.1 Å². The van der Waals surface area contributed by atoms with Gasteiger partial charge in [-0.3, -0.25) is 14.4 Å². The third kappa shape index (κ3) is 41.1. The van der Waals surface area contributed by atoms with E-state index in [4.69, 9.17) is 14.2 Å². The summed E-state index contributed by atoms with van der Waals surface area (Å²) in [6.07, 6.45) is 47.7. The van der Waals surface area contributed by atoms with Crippen LogP contribution in [-0.2, 0) is 28.6 Å². The molecule has 0 saturated carbocycles. The minimum atomic E-state index is -0.762. The Morgan fingerprint density at radius 3 is 1.02 bits per heavy atom. The van der Waals surface area contributed by atoms with Gasteiger partial charge in [0.1, 0.15) is 13.2 Å². The standard InChI is InChI=1S/C48H88O6/c1-4-7-10-13-15-17-19-20-21-22-23-24-25-26-27-28-29-31-32-35-38-41-47(50)53-44-45(43-52-46(49)40-37-34-12-9-6-3)54-48(51)42-39-36-33-30-18-16-14-11-8-5-2/h19-20,22-23,45H,4-18,21,24-44H2,1-3H3/b20-19-,23-22-. The number of rotatable bonds is 42. The van der Waals surface area contributed by atoms with Gasteiger partial charge in [-0.05, 0) is 51.4 Å². The Bertz CT molecular complexity index is 880. The maximum atomic E-state index is 12.6. The van der Waals surface area contributed by atoms with Crippen molar-refractivity contribution in [2.24, 2.45) is 0 Å². The Morgan fingerprint density at radius 1 is 0.370 bits per heavy atom. The number of esters is 3. The Labute approximate surface area is 334 Å². The normalized spacial score (nSPS) is 12.1. The molecule has 316 valence electrons. The minimum absolute atomic E-state index is 0.0709. The van der Waals surface area contributed by atoms with E-state index in [0.717, 1.165) is 70.6 Å². The zero-order valence-corrected chi connectivity index (χ0v) is 36.0. The second kappa shape index (κ2) is 43.6. The third-order valence-electron chi connectivity index (χ3n) is 10.2. The fraction of sp³-hybridized carbons (Fsp3) is 0.854. The average Bonchev–Trinajstić information content (AvgIpc) is 3.17. The maximum absolute atomic E-state index is 12.6. The molecule has 0 N–H and O–H groups in total.